The minimum atomic E-state index is -0.641. The quantitative estimate of drug-likeness (QED) is 0.459. The summed E-state index contributed by atoms with van der Waals surface area (Å²) in [6, 6.07) is 10.7. The minimum absolute atomic E-state index is 0.0276. The van der Waals surface area contributed by atoms with E-state index in [1.54, 1.807) is 55.7 Å². The number of carbonyl (C=O) groups is 3. The van der Waals surface area contributed by atoms with Gasteiger partial charge in [0, 0.05) is 17.5 Å². The summed E-state index contributed by atoms with van der Waals surface area (Å²) in [6.45, 7) is 7.71. The average molecular weight is 533 g/mol. The molecule has 3 atom stereocenters. The van der Waals surface area contributed by atoms with Gasteiger partial charge in [-0.05, 0) is 68.5 Å². The van der Waals surface area contributed by atoms with E-state index in [-0.39, 0.29) is 30.3 Å². The molecule has 1 amide bonds. The monoisotopic (exact) mass is 532 g/mol. The largest absolute Gasteiger partial charge is 0.465 e. The van der Waals surface area contributed by atoms with E-state index in [0.717, 1.165) is 11.1 Å². The van der Waals surface area contributed by atoms with Crippen LogP contribution in [-0.2, 0) is 30.3 Å². The maximum atomic E-state index is 13.6. The van der Waals surface area contributed by atoms with Crippen molar-refractivity contribution in [2.45, 2.75) is 63.5 Å². The average Bonchev–Trinajstić information content (AvgIpc) is 3.31. The predicted molar refractivity (Wildman–Crippen MR) is 144 cm³/mol. The number of aryl methyl sites for hydroxylation is 1. The summed E-state index contributed by atoms with van der Waals surface area (Å²) >= 11 is 3.26. The standard InChI is InChI=1S/C27H36N2O5S2/c1-5-33-26(32)21(12-11-19-9-7-6-8-10-19)28-22-18-36-23(20-13-14-35-17-20)15-29(25(22)31)16-24(30)34-27(2,3)4/h6-10,13-14,17,21-23,28H,5,11-12,15-16,18H2,1-4H3/t21-,22?,23?/m1/s1. The van der Waals surface area contributed by atoms with Gasteiger partial charge in [-0.25, -0.2) is 0 Å². The van der Waals surface area contributed by atoms with E-state index in [1.807, 2.05) is 41.8 Å². The summed E-state index contributed by atoms with van der Waals surface area (Å²) in [4.78, 5) is 40.7. The Morgan fingerprint density at radius 1 is 1.19 bits per heavy atom. The van der Waals surface area contributed by atoms with Crippen LogP contribution in [0.4, 0.5) is 0 Å². The van der Waals surface area contributed by atoms with Crippen LogP contribution in [0, 0.1) is 0 Å². The number of benzene rings is 1. The lowest BCUT2D eigenvalue weighted by molar-refractivity contribution is -0.159. The molecule has 2 heterocycles. The second-order valence-corrected chi connectivity index (χ2v) is 11.7. The van der Waals surface area contributed by atoms with Crippen molar-refractivity contribution in [3.63, 3.8) is 0 Å². The highest BCUT2D eigenvalue weighted by atomic mass is 32.2. The number of carbonyl (C=O) groups excluding carboxylic acids is 3. The summed E-state index contributed by atoms with van der Waals surface area (Å²) in [7, 11) is 0. The molecule has 0 bridgehead atoms. The zero-order valence-corrected chi connectivity index (χ0v) is 23.0. The van der Waals surface area contributed by atoms with Gasteiger partial charge in [0.05, 0.1) is 12.6 Å². The minimum Gasteiger partial charge on any atom is -0.465 e. The highest BCUT2D eigenvalue weighted by Gasteiger charge is 2.36. The summed E-state index contributed by atoms with van der Waals surface area (Å²) in [5, 5.41) is 7.39. The molecule has 0 radical (unpaired) electrons. The van der Waals surface area contributed by atoms with Crippen LogP contribution in [0.15, 0.2) is 47.2 Å². The predicted octanol–water partition coefficient (Wildman–Crippen LogP) is 4.23. The smallest absolute Gasteiger partial charge is 0.326 e. The molecule has 2 aromatic rings. The molecule has 3 rings (SSSR count). The fourth-order valence-corrected chi connectivity index (χ4v) is 6.10. The van der Waals surface area contributed by atoms with Crippen molar-refractivity contribution in [1.82, 2.24) is 10.2 Å². The Morgan fingerprint density at radius 2 is 1.94 bits per heavy atom. The molecule has 1 aliphatic rings. The van der Waals surface area contributed by atoms with E-state index in [4.69, 9.17) is 9.47 Å². The molecule has 0 spiro atoms. The lowest BCUT2D eigenvalue weighted by Gasteiger charge is -2.28. The van der Waals surface area contributed by atoms with E-state index in [2.05, 4.69) is 10.7 Å². The second kappa shape index (κ2) is 13.3. The first kappa shape index (κ1) is 28.2. The Kier molecular flexibility index (Phi) is 10.4. The molecule has 1 N–H and O–H groups in total. The van der Waals surface area contributed by atoms with Gasteiger partial charge >= 0.3 is 11.9 Å². The molecule has 9 heteroatoms. The molecule has 0 saturated carbocycles. The van der Waals surface area contributed by atoms with E-state index in [0.29, 0.717) is 25.1 Å². The summed E-state index contributed by atoms with van der Waals surface area (Å²) in [5.74, 6) is -0.550. The Balaban J connectivity index is 1.78. The number of amides is 1. The lowest BCUT2D eigenvalue weighted by atomic mass is 10.0. The van der Waals surface area contributed by atoms with Gasteiger partial charge in [-0.3, -0.25) is 19.7 Å². The molecule has 1 aromatic carbocycles. The van der Waals surface area contributed by atoms with Crippen molar-refractivity contribution < 1.29 is 23.9 Å². The maximum absolute atomic E-state index is 13.6. The third-order valence-electron chi connectivity index (χ3n) is 5.65. The van der Waals surface area contributed by atoms with Crippen LogP contribution in [0.3, 0.4) is 0 Å². The first-order chi connectivity index (χ1) is 17.2. The van der Waals surface area contributed by atoms with Crippen molar-refractivity contribution in [2.24, 2.45) is 0 Å². The topological polar surface area (TPSA) is 84.9 Å². The van der Waals surface area contributed by atoms with Crippen LogP contribution in [0.25, 0.3) is 0 Å². The number of thiophene rings is 1. The van der Waals surface area contributed by atoms with Crippen LogP contribution < -0.4 is 5.32 Å². The Hall–Kier alpha value is -2.36. The van der Waals surface area contributed by atoms with Gasteiger partial charge in [0.25, 0.3) is 0 Å². The Bertz CT molecular complexity index is 991. The summed E-state index contributed by atoms with van der Waals surface area (Å²) in [6.07, 6.45) is 1.17. The number of rotatable bonds is 10. The maximum Gasteiger partial charge on any atom is 0.326 e. The molecule has 2 unspecified atom stereocenters. The number of nitrogens with one attached hydrogen (secondary N) is 1. The zero-order chi connectivity index (χ0) is 26.1. The fourth-order valence-electron chi connectivity index (χ4n) is 4.01. The third kappa shape index (κ3) is 8.64. The highest BCUT2D eigenvalue weighted by molar-refractivity contribution is 7.99. The van der Waals surface area contributed by atoms with Gasteiger partial charge in [-0.1, -0.05) is 30.3 Å². The zero-order valence-electron chi connectivity index (χ0n) is 21.4. The van der Waals surface area contributed by atoms with Gasteiger partial charge in [0.1, 0.15) is 18.2 Å². The summed E-state index contributed by atoms with van der Waals surface area (Å²) < 4.78 is 10.8. The molecule has 1 aliphatic heterocycles. The molecule has 1 aromatic heterocycles. The molecule has 1 fully saturated rings. The molecule has 36 heavy (non-hydrogen) atoms. The van der Waals surface area contributed by atoms with Crippen molar-refractivity contribution in [1.29, 1.82) is 0 Å². The highest BCUT2D eigenvalue weighted by Crippen LogP contribution is 2.34. The normalized spacial score (nSPS) is 19.4. The molecule has 196 valence electrons. The van der Waals surface area contributed by atoms with E-state index in [9.17, 15) is 14.4 Å². The van der Waals surface area contributed by atoms with Gasteiger partial charge in [-0.2, -0.15) is 11.3 Å². The van der Waals surface area contributed by atoms with Gasteiger partial charge < -0.3 is 14.4 Å². The van der Waals surface area contributed by atoms with Crippen LogP contribution in [0.2, 0.25) is 0 Å². The number of hydrogen-bond acceptors (Lipinski definition) is 8. The molecule has 0 aliphatic carbocycles. The number of nitrogens with zero attached hydrogens (tertiary/aromatic N) is 1. The Morgan fingerprint density at radius 3 is 2.58 bits per heavy atom. The number of esters is 2. The van der Waals surface area contributed by atoms with Crippen molar-refractivity contribution >= 4 is 40.9 Å². The summed E-state index contributed by atoms with van der Waals surface area (Å²) in [5.41, 5.74) is 1.59. The van der Waals surface area contributed by atoms with Gasteiger partial charge in [0.2, 0.25) is 5.91 Å². The van der Waals surface area contributed by atoms with Crippen LogP contribution in [-0.4, -0.2) is 65.9 Å². The van der Waals surface area contributed by atoms with Crippen molar-refractivity contribution in [3.05, 3.63) is 58.3 Å². The second-order valence-electron chi connectivity index (χ2n) is 9.73. The van der Waals surface area contributed by atoms with Crippen molar-refractivity contribution in [3.8, 4) is 0 Å². The van der Waals surface area contributed by atoms with Gasteiger partial charge in [-0.15, -0.1) is 11.8 Å². The Labute approximate surface area is 221 Å². The van der Waals surface area contributed by atoms with Gasteiger partial charge in [0.15, 0.2) is 0 Å². The molecule has 1 saturated heterocycles. The first-order valence-electron chi connectivity index (χ1n) is 12.3. The number of ether oxygens (including phenoxy) is 2. The third-order valence-corrected chi connectivity index (χ3v) is 7.70. The van der Waals surface area contributed by atoms with Crippen molar-refractivity contribution in [2.75, 3.05) is 25.4 Å². The van der Waals surface area contributed by atoms with Crippen LogP contribution >= 0.6 is 23.1 Å². The first-order valence-corrected chi connectivity index (χ1v) is 14.3. The van der Waals surface area contributed by atoms with E-state index >= 15 is 0 Å². The SMILES string of the molecule is CCOC(=O)[C@@H](CCc1ccccc1)NC1CSC(c2ccsc2)CN(CC(=O)OC(C)(C)C)C1=O. The lowest BCUT2D eigenvalue weighted by Crippen LogP contribution is -2.54. The number of thioether (sulfide) groups is 1. The molecular formula is C27H36N2O5S2. The van der Waals surface area contributed by atoms with E-state index in [1.165, 1.54) is 0 Å². The fraction of sp³-hybridized carbons (Fsp3) is 0.519. The van der Waals surface area contributed by atoms with Crippen LogP contribution in [0.1, 0.15) is 50.5 Å². The van der Waals surface area contributed by atoms with Crippen LogP contribution in [0.5, 0.6) is 0 Å². The van der Waals surface area contributed by atoms with E-state index < -0.39 is 23.7 Å². The molecular weight excluding hydrogens is 496 g/mol. The molecule has 7 nitrogen and oxygen atoms in total. The number of hydrogen-bond donors (Lipinski definition) is 1.